The first-order valence-electron chi connectivity index (χ1n) is 5.72. The average molecular weight is 318 g/mol. The fourth-order valence-electron chi connectivity index (χ4n) is 1.68. The normalized spacial score (nSPS) is 10.4. The van der Waals surface area contributed by atoms with E-state index in [0.29, 0.717) is 17.8 Å². The number of ether oxygens (including phenoxy) is 1. The van der Waals surface area contributed by atoms with Crippen LogP contribution >= 0.6 is 23.2 Å². The highest BCUT2D eigenvalue weighted by molar-refractivity contribution is 6.35. The van der Waals surface area contributed by atoms with Gasteiger partial charge in [0.1, 0.15) is 0 Å². The summed E-state index contributed by atoms with van der Waals surface area (Å²) in [4.78, 5) is 0. The standard InChI is InChI=1S/C14H11Cl2F2NO/c1-20-13-3-2-8(4-12(13)17)7-19-9-5-10(15)14(18)11(16)6-9/h2-6,19H,7H2,1H3. The van der Waals surface area contributed by atoms with Crippen LogP contribution in [0.3, 0.4) is 0 Å². The highest BCUT2D eigenvalue weighted by atomic mass is 35.5. The second-order valence-electron chi connectivity index (χ2n) is 4.08. The summed E-state index contributed by atoms with van der Waals surface area (Å²) < 4.78 is 31.6. The predicted octanol–water partition coefficient (Wildman–Crippen LogP) is 4.89. The van der Waals surface area contributed by atoms with E-state index in [9.17, 15) is 8.78 Å². The molecular formula is C14H11Cl2F2NO. The molecule has 6 heteroatoms. The van der Waals surface area contributed by atoms with Crippen LogP contribution in [0.4, 0.5) is 14.5 Å². The van der Waals surface area contributed by atoms with Crippen molar-refractivity contribution in [1.29, 1.82) is 0 Å². The van der Waals surface area contributed by atoms with Gasteiger partial charge in [0.05, 0.1) is 17.2 Å². The molecule has 0 aliphatic rings. The molecule has 2 aromatic rings. The number of benzene rings is 2. The summed E-state index contributed by atoms with van der Waals surface area (Å²) in [7, 11) is 1.40. The maximum atomic E-state index is 13.5. The Morgan fingerprint density at radius 1 is 1.10 bits per heavy atom. The van der Waals surface area contributed by atoms with Crippen molar-refractivity contribution < 1.29 is 13.5 Å². The quantitative estimate of drug-likeness (QED) is 0.810. The number of rotatable bonds is 4. The van der Waals surface area contributed by atoms with Crippen LogP contribution < -0.4 is 10.1 Å². The van der Waals surface area contributed by atoms with Gasteiger partial charge in [-0.2, -0.15) is 0 Å². The summed E-state index contributed by atoms with van der Waals surface area (Å²) in [5.41, 5.74) is 1.26. The number of methoxy groups -OCH3 is 1. The van der Waals surface area contributed by atoms with Gasteiger partial charge < -0.3 is 10.1 Å². The van der Waals surface area contributed by atoms with E-state index < -0.39 is 11.6 Å². The lowest BCUT2D eigenvalue weighted by Crippen LogP contribution is -2.01. The van der Waals surface area contributed by atoms with E-state index in [0.717, 1.165) is 0 Å². The van der Waals surface area contributed by atoms with Crippen LogP contribution in [0.1, 0.15) is 5.56 Å². The van der Waals surface area contributed by atoms with Crippen molar-refractivity contribution in [3.63, 3.8) is 0 Å². The fourth-order valence-corrected chi connectivity index (χ4v) is 2.17. The van der Waals surface area contributed by atoms with Crippen LogP contribution in [0.2, 0.25) is 10.0 Å². The Hall–Kier alpha value is -1.52. The van der Waals surface area contributed by atoms with Crippen LogP contribution in [0, 0.1) is 11.6 Å². The molecule has 0 saturated carbocycles. The van der Waals surface area contributed by atoms with E-state index in [2.05, 4.69) is 5.32 Å². The molecule has 0 fully saturated rings. The molecule has 2 nitrogen and oxygen atoms in total. The first kappa shape index (κ1) is 14.9. The van der Waals surface area contributed by atoms with Gasteiger partial charge in [0.2, 0.25) is 0 Å². The van der Waals surface area contributed by atoms with Crippen LogP contribution in [0.25, 0.3) is 0 Å². The van der Waals surface area contributed by atoms with Crippen molar-refractivity contribution in [3.8, 4) is 5.75 Å². The first-order chi connectivity index (χ1) is 9.51. The van der Waals surface area contributed by atoms with Gasteiger partial charge in [-0.3, -0.25) is 0 Å². The van der Waals surface area contributed by atoms with Gasteiger partial charge in [-0.05, 0) is 29.8 Å². The summed E-state index contributed by atoms with van der Waals surface area (Å²) in [6.45, 7) is 0.346. The molecule has 0 heterocycles. The number of nitrogens with one attached hydrogen (secondary N) is 1. The molecule has 0 saturated heterocycles. The average Bonchev–Trinajstić information content (AvgIpc) is 2.42. The Bertz CT molecular complexity index is 612. The topological polar surface area (TPSA) is 21.3 Å². The van der Waals surface area contributed by atoms with Crippen molar-refractivity contribution in [3.05, 3.63) is 57.6 Å². The number of anilines is 1. The van der Waals surface area contributed by atoms with E-state index in [1.807, 2.05) is 0 Å². The third kappa shape index (κ3) is 3.32. The molecule has 0 spiro atoms. The molecule has 1 N–H and O–H groups in total. The number of hydrogen-bond acceptors (Lipinski definition) is 2. The van der Waals surface area contributed by atoms with Crippen molar-refractivity contribution >= 4 is 28.9 Å². The summed E-state index contributed by atoms with van der Waals surface area (Å²) in [5.74, 6) is -0.919. The highest BCUT2D eigenvalue weighted by Crippen LogP contribution is 2.27. The zero-order chi connectivity index (χ0) is 14.7. The van der Waals surface area contributed by atoms with Gasteiger partial charge in [-0.15, -0.1) is 0 Å². The van der Waals surface area contributed by atoms with Crippen molar-refractivity contribution in [2.75, 3.05) is 12.4 Å². The van der Waals surface area contributed by atoms with E-state index in [1.54, 1.807) is 6.07 Å². The zero-order valence-electron chi connectivity index (χ0n) is 10.5. The lowest BCUT2D eigenvalue weighted by Gasteiger charge is -2.09. The van der Waals surface area contributed by atoms with Crippen LogP contribution in [-0.2, 0) is 6.54 Å². The SMILES string of the molecule is COc1ccc(CNc2cc(Cl)c(F)c(Cl)c2)cc1F. The minimum Gasteiger partial charge on any atom is -0.494 e. The van der Waals surface area contributed by atoms with E-state index in [1.165, 1.54) is 31.4 Å². The van der Waals surface area contributed by atoms with Gasteiger partial charge >= 0.3 is 0 Å². The van der Waals surface area contributed by atoms with Crippen LogP contribution in [0.15, 0.2) is 30.3 Å². The van der Waals surface area contributed by atoms with Gasteiger partial charge in [-0.1, -0.05) is 29.3 Å². The molecule has 2 aromatic carbocycles. The molecule has 20 heavy (non-hydrogen) atoms. The smallest absolute Gasteiger partial charge is 0.165 e. The Kier molecular flexibility index (Phi) is 4.68. The van der Waals surface area contributed by atoms with E-state index >= 15 is 0 Å². The van der Waals surface area contributed by atoms with Crippen molar-refractivity contribution in [1.82, 2.24) is 0 Å². The fraction of sp³-hybridized carbons (Fsp3) is 0.143. The first-order valence-corrected chi connectivity index (χ1v) is 6.47. The van der Waals surface area contributed by atoms with Crippen LogP contribution in [0.5, 0.6) is 5.75 Å². The Morgan fingerprint density at radius 2 is 1.75 bits per heavy atom. The Balaban J connectivity index is 2.11. The minimum atomic E-state index is -0.658. The molecule has 0 radical (unpaired) electrons. The lowest BCUT2D eigenvalue weighted by molar-refractivity contribution is 0.386. The molecule has 0 aliphatic carbocycles. The molecule has 0 unspecified atom stereocenters. The molecule has 0 aromatic heterocycles. The molecule has 106 valence electrons. The van der Waals surface area contributed by atoms with Crippen LogP contribution in [-0.4, -0.2) is 7.11 Å². The summed E-state index contributed by atoms with van der Waals surface area (Å²) in [6, 6.07) is 7.46. The van der Waals surface area contributed by atoms with E-state index in [4.69, 9.17) is 27.9 Å². The third-order valence-corrected chi connectivity index (χ3v) is 3.25. The molecular weight excluding hydrogens is 307 g/mol. The molecule has 2 rings (SSSR count). The predicted molar refractivity (Wildman–Crippen MR) is 76.7 cm³/mol. The number of halogens is 4. The summed E-state index contributed by atoms with van der Waals surface area (Å²) in [6.07, 6.45) is 0. The van der Waals surface area contributed by atoms with Gasteiger partial charge in [-0.25, -0.2) is 8.78 Å². The van der Waals surface area contributed by atoms with Gasteiger partial charge in [0, 0.05) is 12.2 Å². The highest BCUT2D eigenvalue weighted by Gasteiger charge is 2.08. The Labute approximate surface area is 125 Å². The van der Waals surface area contributed by atoms with Gasteiger partial charge in [0.25, 0.3) is 0 Å². The minimum absolute atomic E-state index is 0.0686. The van der Waals surface area contributed by atoms with Crippen molar-refractivity contribution in [2.24, 2.45) is 0 Å². The second-order valence-corrected chi connectivity index (χ2v) is 4.89. The maximum absolute atomic E-state index is 13.5. The third-order valence-electron chi connectivity index (χ3n) is 2.70. The zero-order valence-corrected chi connectivity index (χ0v) is 12.0. The van der Waals surface area contributed by atoms with Crippen molar-refractivity contribution in [2.45, 2.75) is 6.54 Å². The molecule has 0 amide bonds. The van der Waals surface area contributed by atoms with Gasteiger partial charge in [0.15, 0.2) is 17.4 Å². The maximum Gasteiger partial charge on any atom is 0.165 e. The second kappa shape index (κ2) is 6.29. The Morgan fingerprint density at radius 3 is 2.30 bits per heavy atom. The molecule has 0 bridgehead atoms. The number of hydrogen-bond donors (Lipinski definition) is 1. The largest absolute Gasteiger partial charge is 0.494 e. The monoisotopic (exact) mass is 317 g/mol. The molecule has 0 atom stereocenters. The summed E-state index contributed by atoms with van der Waals surface area (Å²) in [5, 5.41) is 2.85. The van der Waals surface area contributed by atoms with E-state index in [-0.39, 0.29) is 15.8 Å². The molecule has 0 aliphatic heterocycles. The lowest BCUT2D eigenvalue weighted by atomic mass is 10.2. The summed E-state index contributed by atoms with van der Waals surface area (Å²) >= 11 is 11.4.